The van der Waals surface area contributed by atoms with E-state index in [1.54, 1.807) is 10.9 Å². The van der Waals surface area contributed by atoms with Crippen molar-refractivity contribution in [2.24, 2.45) is 11.7 Å². The van der Waals surface area contributed by atoms with Gasteiger partial charge in [-0.1, -0.05) is 18.2 Å². The van der Waals surface area contributed by atoms with Crippen LogP contribution in [0.3, 0.4) is 0 Å². The summed E-state index contributed by atoms with van der Waals surface area (Å²) in [4.78, 5) is 12.9. The van der Waals surface area contributed by atoms with E-state index in [4.69, 9.17) is 10.2 Å². The number of carbonyl (C=O) groups is 1. The van der Waals surface area contributed by atoms with Crippen LogP contribution < -0.4 is 11.1 Å². The fraction of sp³-hybridized carbons (Fsp3) is 0.300. The number of rotatable bonds is 6. The largest absolute Gasteiger partial charge is 0.460 e. The second kappa shape index (κ2) is 6.80. The number of para-hydroxylation sites is 1. The number of carbonyl (C=O) groups excluding carboxylic acids is 1. The molecule has 0 aliphatic heterocycles. The summed E-state index contributed by atoms with van der Waals surface area (Å²) in [5.74, 6) is 1.68. The number of amides is 1. The molecule has 3 N–H and O–H groups in total. The summed E-state index contributed by atoms with van der Waals surface area (Å²) >= 11 is 0. The zero-order valence-electron chi connectivity index (χ0n) is 14.7. The van der Waals surface area contributed by atoms with Gasteiger partial charge in [-0.2, -0.15) is 5.10 Å². The first-order valence-electron chi connectivity index (χ1n) is 8.88. The number of furan rings is 1. The van der Waals surface area contributed by atoms with Crippen molar-refractivity contribution in [1.29, 1.82) is 0 Å². The fourth-order valence-electron chi connectivity index (χ4n) is 3.11. The predicted octanol–water partition coefficient (Wildman–Crippen LogP) is 2.91. The van der Waals surface area contributed by atoms with E-state index in [-0.39, 0.29) is 11.9 Å². The Bertz CT molecular complexity index is 909. The van der Waals surface area contributed by atoms with E-state index in [0.29, 0.717) is 29.5 Å². The van der Waals surface area contributed by atoms with Crippen LogP contribution in [0.5, 0.6) is 0 Å². The lowest BCUT2D eigenvalue weighted by molar-refractivity contribution is 0.0934. The van der Waals surface area contributed by atoms with Crippen LogP contribution in [0, 0.1) is 12.8 Å². The van der Waals surface area contributed by atoms with Crippen molar-refractivity contribution in [2.75, 3.05) is 6.54 Å². The summed E-state index contributed by atoms with van der Waals surface area (Å²) in [6, 6.07) is 13.4. The molecule has 0 radical (unpaired) electrons. The van der Waals surface area contributed by atoms with E-state index in [2.05, 4.69) is 10.4 Å². The first-order valence-corrected chi connectivity index (χ1v) is 8.88. The lowest BCUT2D eigenvalue weighted by atomic mass is 10.1. The van der Waals surface area contributed by atoms with Gasteiger partial charge < -0.3 is 15.5 Å². The highest BCUT2D eigenvalue weighted by Crippen LogP contribution is 2.33. The fourth-order valence-corrected chi connectivity index (χ4v) is 3.11. The van der Waals surface area contributed by atoms with Gasteiger partial charge in [0.2, 0.25) is 0 Å². The molecule has 1 amide bonds. The molecule has 1 aliphatic rings. The van der Waals surface area contributed by atoms with Gasteiger partial charge in [0.25, 0.3) is 5.91 Å². The quantitative estimate of drug-likeness (QED) is 0.716. The van der Waals surface area contributed by atoms with Gasteiger partial charge in [-0.05, 0) is 49.9 Å². The molecular formula is C20H22N4O2. The van der Waals surface area contributed by atoms with Gasteiger partial charge in [0, 0.05) is 18.8 Å². The summed E-state index contributed by atoms with van der Waals surface area (Å²) in [6.45, 7) is 2.31. The Morgan fingerprint density at radius 3 is 2.69 bits per heavy atom. The van der Waals surface area contributed by atoms with Gasteiger partial charge in [0.1, 0.15) is 11.5 Å². The first kappa shape index (κ1) is 16.6. The summed E-state index contributed by atoms with van der Waals surface area (Å²) in [7, 11) is 0. The van der Waals surface area contributed by atoms with Crippen LogP contribution in [-0.4, -0.2) is 28.3 Å². The normalized spacial score (nSPS) is 15.0. The van der Waals surface area contributed by atoms with Crippen LogP contribution in [0.15, 0.2) is 53.1 Å². The van der Waals surface area contributed by atoms with E-state index in [1.165, 1.54) is 0 Å². The summed E-state index contributed by atoms with van der Waals surface area (Å²) < 4.78 is 7.43. The van der Waals surface area contributed by atoms with Crippen LogP contribution in [-0.2, 0) is 0 Å². The van der Waals surface area contributed by atoms with Crippen LogP contribution in [0.1, 0.15) is 29.0 Å². The second-order valence-electron chi connectivity index (χ2n) is 6.73. The molecule has 6 heteroatoms. The second-order valence-corrected chi connectivity index (χ2v) is 6.73. The topological polar surface area (TPSA) is 86.1 Å². The van der Waals surface area contributed by atoms with Gasteiger partial charge in [-0.15, -0.1) is 0 Å². The number of aromatic nitrogens is 2. The highest BCUT2D eigenvalue weighted by molar-refractivity contribution is 5.99. The molecule has 1 atom stereocenters. The minimum absolute atomic E-state index is 0.00811. The maximum atomic E-state index is 12.9. The third kappa shape index (κ3) is 3.28. The Kier molecular flexibility index (Phi) is 4.34. The van der Waals surface area contributed by atoms with Crippen LogP contribution in [0.4, 0.5) is 0 Å². The number of benzene rings is 1. The van der Waals surface area contributed by atoms with Crippen molar-refractivity contribution >= 4 is 5.91 Å². The Morgan fingerprint density at radius 1 is 1.31 bits per heavy atom. The third-order valence-electron chi connectivity index (χ3n) is 4.71. The van der Waals surface area contributed by atoms with Crippen LogP contribution >= 0.6 is 0 Å². The minimum atomic E-state index is -0.168. The van der Waals surface area contributed by atoms with Gasteiger partial charge in [-0.3, -0.25) is 4.79 Å². The minimum Gasteiger partial charge on any atom is -0.460 e. The molecule has 1 aliphatic carbocycles. The zero-order valence-corrected chi connectivity index (χ0v) is 14.7. The molecule has 26 heavy (non-hydrogen) atoms. The van der Waals surface area contributed by atoms with E-state index in [0.717, 1.165) is 24.3 Å². The average molecular weight is 350 g/mol. The molecular weight excluding hydrogens is 328 g/mol. The Balaban J connectivity index is 1.71. The standard InChI is InChI=1S/C20H22N4O2/c1-13-7-10-18(26-13)19-16(20(25)22-17(11-21)14-8-9-14)12-24(23-19)15-5-3-2-4-6-15/h2-7,10,12,14,17H,8-9,11,21H2,1H3,(H,22,25). The van der Waals surface area contributed by atoms with E-state index >= 15 is 0 Å². The number of hydrogen-bond acceptors (Lipinski definition) is 4. The Morgan fingerprint density at radius 2 is 2.08 bits per heavy atom. The smallest absolute Gasteiger partial charge is 0.255 e. The highest BCUT2D eigenvalue weighted by Gasteiger charge is 2.32. The number of nitrogens with one attached hydrogen (secondary N) is 1. The zero-order chi connectivity index (χ0) is 18.1. The number of aryl methyl sites for hydroxylation is 1. The molecule has 134 valence electrons. The molecule has 1 fully saturated rings. The molecule has 1 unspecified atom stereocenters. The lowest BCUT2D eigenvalue weighted by Gasteiger charge is -2.15. The summed E-state index contributed by atoms with van der Waals surface area (Å²) in [5, 5.41) is 7.68. The molecule has 1 aromatic carbocycles. The average Bonchev–Trinajstić information content (AvgIpc) is 3.25. The molecule has 2 heterocycles. The molecule has 2 aromatic heterocycles. The molecule has 4 rings (SSSR count). The van der Waals surface area contributed by atoms with Crippen LogP contribution in [0.2, 0.25) is 0 Å². The Hall–Kier alpha value is -2.86. The van der Waals surface area contributed by atoms with Gasteiger partial charge in [0.15, 0.2) is 5.76 Å². The van der Waals surface area contributed by atoms with Crippen LogP contribution in [0.25, 0.3) is 17.1 Å². The van der Waals surface area contributed by atoms with Crippen molar-refractivity contribution in [3.05, 3.63) is 60.0 Å². The molecule has 3 aromatic rings. The summed E-state index contributed by atoms with van der Waals surface area (Å²) in [6.07, 6.45) is 3.99. The lowest BCUT2D eigenvalue weighted by Crippen LogP contribution is -2.41. The monoisotopic (exact) mass is 350 g/mol. The van der Waals surface area contributed by atoms with E-state index < -0.39 is 0 Å². The molecule has 0 saturated heterocycles. The van der Waals surface area contributed by atoms with Crippen molar-refractivity contribution in [3.8, 4) is 17.1 Å². The predicted molar refractivity (Wildman–Crippen MR) is 99.0 cm³/mol. The molecule has 1 saturated carbocycles. The SMILES string of the molecule is Cc1ccc(-c2nn(-c3ccccc3)cc2C(=O)NC(CN)C2CC2)o1. The molecule has 0 spiro atoms. The Labute approximate surface area is 152 Å². The van der Waals surface area contributed by atoms with Crippen molar-refractivity contribution in [2.45, 2.75) is 25.8 Å². The van der Waals surface area contributed by atoms with Gasteiger partial charge in [0.05, 0.1) is 11.3 Å². The molecule has 0 bridgehead atoms. The van der Waals surface area contributed by atoms with Crippen molar-refractivity contribution in [1.82, 2.24) is 15.1 Å². The number of nitrogens with two attached hydrogens (primary N) is 1. The number of hydrogen-bond donors (Lipinski definition) is 2. The number of nitrogens with zero attached hydrogens (tertiary/aromatic N) is 2. The van der Waals surface area contributed by atoms with E-state index in [1.807, 2.05) is 49.4 Å². The van der Waals surface area contributed by atoms with E-state index in [9.17, 15) is 4.79 Å². The maximum Gasteiger partial charge on any atom is 0.255 e. The van der Waals surface area contributed by atoms with Crippen molar-refractivity contribution in [3.63, 3.8) is 0 Å². The summed E-state index contributed by atoms with van der Waals surface area (Å²) in [5.41, 5.74) is 7.74. The first-order chi connectivity index (χ1) is 12.7. The third-order valence-corrected chi connectivity index (χ3v) is 4.71. The van der Waals surface area contributed by atoms with Gasteiger partial charge in [-0.25, -0.2) is 4.68 Å². The van der Waals surface area contributed by atoms with Gasteiger partial charge >= 0.3 is 0 Å². The maximum absolute atomic E-state index is 12.9. The highest BCUT2D eigenvalue weighted by atomic mass is 16.3. The van der Waals surface area contributed by atoms with Crippen molar-refractivity contribution < 1.29 is 9.21 Å². The molecule has 6 nitrogen and oxygen atoms in total.